The molecule has 0 aromatic heterocycles. The highest BCUT2D eigenvalue weighted by Crippen LogP contribution is 2.63. The van der Waals surface area contributed by atoms with Crippen LogP contribution in [0.15, 0.2) is 0 Å². The van der Waals surface area contributed by atoms with E-state index in [4.69, 9.17) is 9.78 Å². The van der Waals surface area contributed by atoms with E-state index in [2.05, 4.69) is 27.7 Å². The Labute approximate surface area is 176 Å². The van der Waals surface area contributed by atoms with Gasteiger partial charge < -0.3 is 10.2 Å². The van der Waals surface area contributed by atoms with E-state index in [-0.39, 0.29) is 17.4 Å². The molecule has 3 rings (SSSR count). The fraction of sp³-hybridized carbons (Fsp3) is 0.958. The first-order valence-corrected chi connectivity index (χ1v) is 11.6. The number of fused-ring (bicyclic) bond motifs is 1. The Kier molecular flexibility index (Phi) is 6.19. The van der Waals surface area contributed by atoms with Crippen molar-refractivity contribution in [2.24, 2.45) is 28.6 Å². The Balaban J connectivity index is 1.69. The monoisotopic (exact) mass is 410 g/mol. The van der Waals surface area contributed by atoms with Gasteiger partial charge in [0.15, 0.2) is 0 Å². The largest absolute Gasteiger partial charge is 0.481 e. The molecule has 0 unspecified atom stereocenters. The van der Waals surface area contributed by atoms with Gasteiger partial charge in [-0.15, -0.1) is 0 Å². The van der Waals surface area contributed by atoms with E-state index < -0.39 is 23.1 Å². The minimum atomic E-state index is -0.848. The van der Waals surface area contributed by atoms with Gasteiger partial charge in [-0.25, -0.2) is 9.78 Å². The molecule has 168 valence electrons. The summed E-state index contributed by atoms with van der Waals surface area (Å²) in [6.07, 6.45) is 8.51. The van der Waals surface area contributed by atoms with E-state index in [1.807, 2.05) is 6.92 Å². The number of carboxylic acid groups (broad SMARTS) is 1. The zero-order chi connectivity index (χ0) is 21.7. The molecular weight excluding hydrogens is 368 g/mol. The third-order valence-electron chi connectivity index (χ3n) is 9.00. The van der Waals surface area contributed by atoms with Crippen LogP contribution in [0.5, 0.6) is 0 Å². The topological polar surface area (TPSA) is 76.0 Å². The lowest BCUT2D eigenvalue weighted by molar-refractivity contribution is -0.412. The first-order valence-electron chi connectivity index (χ1n) is 11.6. The summed E-state index contributed by atoms with van der Waals surface area (Å²) < 4.78 is 0. The van der Waals surface area contributed by atoms with Crippen molar-refractivity contribution in [1.82, 2.24) is 0 Å². The highest BCUT2D eigenvalue weighted by molar-refractivity contribution is 5.70. The average Bonchev–Trinajstić information content (AvgIpc) is 2.59. The van der Waals surface area contributed by atoms with E-state index in [1.54, 1.807) is 6.92 Å². The number of hydrogen-bond donors (Lipinski definition) is 2. The minimum Gasteiger partial charge on any atom is -0.481 e. The van der Waals surface area contributed by atoms with Crippen molar-refractivity contribution in [3.05, 3.63) is 0 Å². The first-order chi connectivity index (χ1) is 13.3. The second kappa shape index (κ2) is 7.80. The van der Waals surface area contributed by atoms with Gasteiger partial charge in [0, 0.05) is 0 Å². The van der Waals surface area contributed by atoms with E-state index >= 15 is 0 Å². The third-order valence-corrected chi connectivity index (χ3v) is 9.00. The SMILES string of the molecule is C[C@H](C(=O)O)[C@@H]1CC[C@](C)(CC[C@H]2[C@]3(C)CCCC(C)(C)[C@H]3CC[C@]2(C)O)OO1. The molecule has 1 aliphatic heterocycles. The molecule has 3 aliphatic rings. The van der Waals surface area contributed by atoms with Crippen LogP contribution in [0.3, 0.4) is 0 Å². The molecular formula is C24H42O5. The molecule has 2 N–H and O–H groups in total. The van der Waals surface area contributed by atoms with Gasteiger partial charge in [0.2, 0.25) is 0 Å². The fourth-order valence-corrected chi connectivity index (χ4v) is 7.09. The molecule has 0 bridgehead atoms. The highest BCUT2D eigenvalue weighted by atomic mass is 17.2. The van der Waals surface area contributed by atoms with E-state index in [0.29, 0.717) is 17.8 Å². The van der Waals surface area contributed by atoms with Crippen LogP contribution in [-0.4, -0.2) is 33.5 Å². The van der Waals surface area contributed by atoms with Crippen LogP contribution in [0.25, 0.3) is 0 Å². The van der Waals surface area contributed by atoms with Crippen LogP contribution in [0, 0.1) is 28.6 Å². The maximum Gasteiger partial charge on any atom is 0.308 e. The zero-order valence-corrected chi connectivity index (χ0v) is 19.3. The molecule has 5 nitrogen and oxygen atoms in total. The zero-order valence-electron chi connectivity index (χ0n) is 19.3. The standard InChI is InChI=1S/C24H42O5/c1-16(20(25)26)17-8-13-22(4,29-28-17)14-9-19-23(5)12-7-11-21(2,3)18(23)10-15-24(19,6)27/h16-19,27H,7-15H2,1-6H3,(H,25,26)/t16-,17-,18+,19-,22+,23+,24-/m0/s1. The Morgan fingerprint density at radius 3 is 2.34 bits per heavy atom. The van der Waals surface area contributed by atoms with Gasteiger partial charge in [-0.05, 0) is 94.8 Å². The smallest absolute Gasteiger partial charge is 0.308 e. The lowest BCUT2D eigenvalue weighted by Gasteiger charge is -2.61. The summed E-state index contributed by atoms with van der Waals surface area (Å²) in [6.45, 7) is 13.0. The quantitative estimate of drug-likeness (QED) is 0.598. The number of rotatable bonds is 5. The van der Waals surface area contributed by atoms with Gasteiger partial charge in [-0.3, -0.25) is 4.79 Å². The van der Waals surface area contributed by atoms with Crippen molar-refractivity contribution >= 4 is 5.97 Å². The fourth-order valence-electron chi connectivity index (χ4n) is 7.09. The van der Waals surface area contributed by atoms with E-state index in [1.165, 1.54) is 19.3 Å². The van der Waals surface area contributed by atoms with Crippen molar-refractivity contribution in [1.29, 1.82) is 0 Å². The molecule has 7 atom stereocenters. The Hall–Kier alpha value is -0.650. The number of aliphatic carboxylic acids is 1. The van der Waals surface area contributed by atoms with Gasteiger partial charge in [0.1, 0.15) is 11.7 Å². The van der Waals surface area contributed by atoms with Crippen molar-refractivity contribution in [2.45, 2.75) is 117 Å². The van der Waals surface area contributed by atoms with Gasteiger partial charge in [-0.1, -0.05) is 27.2 Å². The summed E-state index contributed by atoms with van der Waals surface area (Å²) in [5.74, 6) is -0.530. The molecule has 0 radical (unpaired) electrons. The molecule has 5 heteroatoms. The van der Waals surface area contributed by atoms with Gasteiger partial charge >= 0.3 is 5.97 Å². The lowest BCUT2D eigenvalue weighted by Crippen LogP contribution is -2.57. The minimum absolute atomic E-state index is 0.149. The highest BCUT2D eigenvalue weighted by Gasteiger charge is 2.58. The van der Waals surface area contributed by atoms with Crippen molar-refractivity contribution in [3.63, 3.8) is 0 Å². The maximum atomic E-state index is 11.4. The Bertz CT molecular complexity index is 604. The number of aliphatic hydroxyl groups is 1. The maximum absolute atomic E-state index is 11.4. The summed E-state index contributed by atoms with van der Waals surface area (Å²) in [5, 5.41) is 20.6. The van der Waals surface area contributed by atoms with Crippen LogP contribution in [-0.2, 0) is 14.6 Å². The summed E-state index contributed by atoms with van der Waals surface area (Å²) >= 11 is 0. The Morgan fingerprint density at radius 1 is 1.07 bits per heavy atom. The molecule has 3 fully saturated rings. The van der Waals surface area contributed by atoms with Gasteiger partial charge in [0.25, 0.3) is 0 Å². The predicted molar refractivity (Wildman–Crippen MR) is 112 cm³/mol. The molecule has 29 heavy (non-hydrogen) atoms. The van der Waals surface area contributed by atoms with E-state index in [9.17, 15) is 15.0 Å². The van der Waals surface area contributed by atoms with Crippen LogP contribution in [0.1, 0.15) is 99.3 Å². The lowest BCUT2D eigenvalue weighted by atomic mass is 9.45. The molecule has 0 spiro atoms. The van der Waals surface area contributed by atoms with Crippen molar-refractivity contribution in [2.75, 3.05) is 0 Å². The third kappa shape index (κ3) is 4.38. The summed E-state index contributed by atoms with van der Waals surface area (Å²) in [5.41, 5.74) is -0.588. The van der Waals surface area contributed by atoms with Crippen molar-refractivity contribution in [3.8, 4) is 0 Å². The molecule has 2 saturated carbocycles. The normalized spacial score (nSPS) is 46.0. The van der Waals surface area contributed by atoms with Crippen LogP contribution in [0.4, 0.5) is 0 Å². The predicted octanol–water partition coefficient (Wildman–Crippen LogP) is 5.35. The number of hydrogen-bond acceptors (Lipinski definition) is 4. The van der Waals surface area contributed by atoms with E-state index in [0.717, 1.165) is 32.1 Å². The molecule has 1 saturated heterocycles. The van der Waals surface area contributed by atoms with Crippen LogP contribution >= 0.6 is 0 Å². The average molecular weight is 411 g/mol. The van der Waals surface area contributed by atoms with Gasteiger partial charge in [-0.2, -0.15) is 0 Å². The molecule has 1 heterocycles. The van der Waals surface area contributed by atoms with Crippen LogP contribution in [0.2, 0.25) is 0 Å². The van der Waals surface area contributed by atoms with Crippen molar-refractivity contribution < 1.29 is 24.8 Å². The van der Waals surface area contributed by atoms with Gasteiger partial charge in [0.05, 0.1) is 11.5 Å². The molecule has 0 amide bonds. The first kappa shape index (κ1) is 23.0. The van der Waals surface area contributed by atoms with Crippen LogP contribution < -0.4 is 0 Å². The second-order valence-corrected chi connectivity index (χ2v) is 11.7. The molecule has 0 aromatic rings. The number of carbonyl (C=O) groups is 1. The second-order valence-electron chi connectivity index (χ2n) is 11.7. The summed E-state index contributed by atoms with van der Waals surface area (Å²) in [4.78, 5) is 22.5. The summed E-state index contributed by atoms with van der Waals surface area (Å²) in [6, 6.07) is 0. The number of carboxylic acids is 1. The molecule has 0 aromatic carbocycles. The Morgan fingerprint density at radius 2 is 1.76 bits per heavy atom. The summed E-state index contributed by atoms with van der Waals surface area (Å²) in [7, 11) is 0. The molecule has 2 aliphatic carbocycles.